The van der Waals surface area contributed by atoms with Crippen molar-refractivity contribution < 1.29 is 35.9 Å². The predicted octanol–water partition coefficient (Wildman–Crippen LogP) is 3.61. The van der Waals surface area contributed by atoms with Gasteiger partial charge in [-0.1, -0.05) is 0 Å². The zero-order valence-electron chi connectivity index (χ0n) is 15.7. The molecule has 0 spiro atoms. The summed E-state index contributed by atoms with van der Waals surface area (Å²) in [7, 11) is 0. The topological polar surface area (TPSA) is 74.3 Å². The molecular weight excluding hydrogens is 450 g/mol. The lowest BCUT2D eigenvalue weighted by Crippen LogP contribution is -2.47. The minimum absolute atomic E-state index is 0.0281. The number of nitrogens with zero attached hydrogens (tertiary/aromatic N) is 2. The van der Waals surface area contributed by atoms with Crippen molar-refractivity contribution in [1.82, 2.24) is 15.2 Å². The number of piperazine rings is 1. The average Bonchev–Trinajstić information content (AvgIpc) is 3.15. The molecule has 2 N–H and O–H groups in total. The van der Waals surface area contributed by atoms with Gasteiger partial charge in [-0.3, -0.25) is 9.59 Å². The molecule has 0 aliphatic carbocycles. The quantitative estimate of drug-likeness (QED) is 0.534. The van der Waals surface area contributed by atoms with Crippen LogP contribution in [0, 0.1) is 0 Å². The monoisotopic (exact) mass is 466 g/mol. The van der Waals surface area contributed by atoms with Crippen molar-refractivity contribution >= 4 is 28.3 Å². The van der Waals surface area contributed by atoms with Crippen molar-refractivity contribution in [2.24, 2.45) is 0 Å². The molecule has 6 nitrogen and oxygen atoms in total. The van der Waals surface area contributed by atoms with Gasteiger partial charge in [-0.05, 0) is 18.2 Å². The number of thiazole rings is 1. The van der Waals surface area contributed by atoms with Gasteiger partial charge in [-0.2, -0.15) is 26.3 Å². The van der Waals surface area contributed by atoms with Crippen LogP contribution in [0.4, 0.5) is 31.5 Å². The van der Waals surface area contributed by atoms with Gasteiger partial charge in [-0.25, -0.2) is 4.98 Å². The molecule has 2 amide bonds. The second kappa shape index (κ2) is 8.83. The van der Waals surface area contributed by atoms with E-state index < -0.39 is 41.4 Å². The zero-order chi connectivity index (χ0) is 22.8. The molecule has 0 bridgehead atoms. The third kappa shape index (κ3) is 5.94. The normalized spacial score (nSPS) is 15.1. The van der Waals surface area contributed by atoms with Crippen LogP contribution >= 0.6 is 11.3 Å². The van der Waals surface area contributed by atoms with Gasteiger partial charge in [0.1, 0.15) is 6.42 Å². The fourth-order valence-corrected chi connectivity index (χ4v) is 3.63. The van der Waals surface area contributed by atoms with E-state index in [9.17, 15) is 35.9 Å². The smallest absolute Gasteiger partial charge is 0.340 e. The molecule has 0 saturated carbocycles. The van der Waals surface area contributed by atoms with E-state index in [1.165, 1.54) is 10.3 Å². The standard InChI is InChI=1S/C18H16F6N4O2S/c19-17(20,21)11-5-10(6-12(7-11)18(22,23)24)13-9-31-16(26-13)27-14(29)8-15(30)28-3-1-25-2-4-28/h5-7,9,25H,1-4,8H2,(H,26,27,29). The maximum absolute atomic E-state index is 13.0. The number of rotatable bonds is 4. The first-order valence-corrected chi connectivity index (χ1v) is 9.85. The Hall–Kier alpha value is -2.67. The van der Waals surface area contributed by atoms with Crippen molar-refractivity contribution in [2.75, 3.05) is 31.5 Å². The van der Waals surface area contributed by atoms with Gasteiger partial charge in [0.05, 0.1) is 16.8 Å². The summed E-state index contributed by atoms with van der Waals surface area (Å²) in [5.74, 6) is -1.06. The molecule has 1 saturated heterocycles. The SMILES string of the molecule is O=C(CC(=O)N1CCNCC1)Nc1nc(-c2cc(C(F)(F)F)cc(C(F)(F)F)c2)cs1. The molecule has 0 unspecified atom stereocenters. The summed E-state index contributed by atoms with van der Waals surface area (Å²) < 4.78 is 78.1. The minimum Gasteiger partial charge on any atom is -0.340 e. The molecule has 2 heterocycles. The van der Waals surface area contributed by atoms with Crippen molar-refractivity contribution in [3.8, 4) is 11.3 Å². The van der Waals surface area contributed by atoms with Gasteiger partial charge in [0.2, 0.25) is 11.8 Å². The summed E-state index contributed by atoms with van der Waals surface area (Å²) in [4.78, 5) is 29.6. The minimum atomic E-state index is -4.98. The van der Waals surface area contributed by atoms with E-state index in [1.54, 1.807) is 0 Å². The van der Waals surface area contributed by atoms with Crippen LogP contribution in [0.2, 0.25) is 0 Å². The van der Waals surface area contributed by atoms with E-state index in [2.05, 4.69) is 15.6 Å². The Kier molecular flexibility index (Phi) is 6.55. The Morgan fingerprint density at radius 3 is 2.16 bits per heavy atom. The van der Waals surface area contributed by atoms with Crippen molar-refractivity contribution in [3.63, 3.8) is 0 Å². The van der Waals surface area contributed by atoms with Crippen LogP contribution in [0.1, 0.15) is 17.5 Å². The van der Waals surface area contributed by atoms with Gasteiger partial charge in [0.15, 0.2) is 5.13 Å². The molecule has 1 aromatic heterocycles. The molecule has 1 aromatic carbocycles. The van der Waals surface area contributed by atoms with Crippen LogP contribution in [-0.4, -0.2) is 47.9 Å². The summed E-state index contributed by atoms with van der Waals surface area (Å²) in [5, 5.41) is 6.60. The molecule has 3 rings (SSSR count). The number of carbonyl (C=O) groups excluding carboxylic acids is 2. The second-order valence-corrected chi connectivity index (χ2v) is 7.55. The number of nitrogens with one attached hydrogen (secondary N) is 2. The number of hydrogen-bond acceptors (Lipinski definition) is 5. The lowest BCUT2D eigenvalue weighted by Gasteiger charge is -2.27. The maximum Gasteiger partial charge on any atom is 0.416 e. The van der Waals surface area contributed by atoms with E-state index in [1.807, 2.05) is 0 Å². The first-order chi connectivity index (χ1) is 14.4. The lowest BCUT2D eigenvalue weighted by molar-refractivity contribution is -0.143. The number of alkyl halides is 6. The van der Waals surface area contributed by atoms with Gasteiger partial charge in [-0.15, -0.1) is 11.3 Å². The summed E-state index contributed by atoms with van der Waals surface area (Å²) in [6.45, 7) is 2.15. The number of amides is 2. The number of aromatic nitrogens is 1. The number of hydrogen-bond donors (Lipinski definition) is 2. The van der Waals surface area contributed by atoms with Crippen LogP contribution in [0.3, 0.4) is 0 Å². The third-order valence-corrected chi connectivity index (χ3v) is 5.17. The summed E-state index contributed by atoms with van der Waals surface area (Å²) in [5.41, 5.74) is -3.48. The Balaban J connectivity index is 1.75. The highest BCUT2D eigenvalue weighted by Crippen LogP contribution is 2.39. The van der Waals surface area contributed by atoms with Crippen molar-refractivity contribution in [3.05, 3.63) is 34.7 Å². The van der Waals surface area contributed by atoms with Gasteiger partial charge >= 0.3 is 12.4 Å². The van der Waals surface area contributed by atoms with Crippen LogP contribution in [0.15, 0.2) is 23.6 Å². The third-order valence-electron chi connectivity index (χ3n) is 4.42. The molecule has 31 heavy (non-hydrogen) atoms. The van der Waals surface area contributed by atoms with E-state index in [0.29, 0.717) is 38.3 Å². The Bertz CT molecular complexity index is 934. The number of benzene rings is 1. The number of carbonyl (C=O) groups is 2. The van der Waals surface area contributed by atoms with Crippen LogP contribution in [0.25, 0.3) is 11.3 Å². The molecule has 13 heteroatoms. The molecule has 1 fully saturated rings. The number of halogens is 6. The summed E-state index contributed by atoms with van der Waals surface area (Å²) in [6.07, 6.45) is -10.4. The summed E-state index contributed by atoms with van der Waals surface area (Å²) >= 11 is 0.822. The van der Waals surface area contributed by atoms with E-state index in [0.717, 1.165) is 11.3 Å². The van der Waals surface area contributed by atoms with Gasteiger partial charge in [0, 0.05) is 37.1 Å². The molecule has 2 aromatic rings. The van der Waals surface area contributed by atoms with Crippen molar-refractivity contribution in [1.29, 1.82) is 0 Å². The van der Waals surface area contributed by atoms with Gasteiger partial charge < -0.3 is 15.5 Å². The molecule has 1 aliphatic heterocycles. The highest BCUT2D eigenvalue weighted by molar-refractivity contribution is 7.14. The van der Waals surface area contributed by atoms with Gasteiger partial charge in [0.25, 0.3) is 0 Å². The van der Waals surface area contributed by atoms with E-state index in [4.69, 9.17) is 0 Å². The lowest BCUT2D eigenvalue weighted by atomic mass is 10.0. The zero-order valence-corrected chi connectivity index (χ0v) is 16.5. The van der Waals surface area contributed by atoms with E-state index in [-0.39, 0.29) is 22.8 Å². The first-order valence-electron chi connectivity index (χ1n) is 8.97. The molecule has 0 radical (unpaired) electrons. The Morgan fingerprint density at radius 2 is 1.61 bits per heavy atom. The highest BCUT2D eigenvalue weighted by atomic mass is 32.1. The van der Waals surface area contributed by atoms with Crippen LogP contribution < -0.4 is 10.6 Å². The van der Waals surface area contributed by atoms with Crippen LogP contribution in [-0.2, 0) is 21.9 Å². The molecule has 0 atom stereocenters. The largest absolute Gasteiger partial charge is 0.416 e. The summed E-state index contributed by atoms with van der Waals surface area (Å²) in [6, 6.07) is 1.15. The second-order valence-electron chi connectivity index (χ2n) is 6.69. The number of anilines is 1. The first kappa shape index (κ1) is 23.0. The average molecular weight is 466 g/mol. The van der Waals surface area contributed by atoms with E-state index >= 15 is 0 Å². The van der Waals surface area contributed by atoms with Crippen LogP contribution in [0.5, 0.6) is 0 Å². The molecular formula is C18H16F6N4O2S. The molecule has 1 aliphatic rings. The van der Waals surface area contributed by atoms with Crippen molar-refractivity contribution in [2.45, 2.75) is 18.8 Å². The maximum atomic E-state index is 13.0. The predicted molar refractivity (Wildman–Crippen MR) is 100 cm³/mol. The Morgan fingerprint density at radius 1 is 1.03 bits per heavy atom. The molecule has 168 valence electrons. The fraction of sp³-hybridized carbons (Fsp3) is 0.389. The Labute approximate surface area is 176 Å². The highest BCUT2D eigenvalue weighted by Gasteiger charge is 2.37. The fourth-order valence-electron chi connectivity index (χ4n) is 2.89.